The van der Waals surface area contributed by atoms with Gasteiger partial charge in [-0.25, -0.2) is 13.2 Å². The molecule has 1 aliphatic heterocycles. The summed E-state index contributed by atoms with van der Waals surface area (Å²) in [5, 5.41) is 11.6. The van der Waals surface area contributed by atoms with Crippen LogP contribution in [-0.4, -0.2) is 30.4 Å². The van der Waals surface area contributed by atoms with Crippen molar-refractivity contribution in [3.8, 4) is 0 Å². The third-order valence-corrected chi connectivity index (χ3v) is 4.95. The maximum Gasteiger partial charge on any atom is 0.375 e. The predicted molar refractivity (Wildman–Crippen MR) is 54.0 cm³/mol. The van der Waals surface area contributed by atoms with Gasteiger partial charge >= 0.3 is 5.97 Å². The standard InChI is InChI=1S/C9H11NO5S/c1-5-7(8(9(11)12)15-10-5)6-3-2-4-16(6,13)14/h6H,2-4H2,1H3,(H,11,12). The number of nitrogens with zero attached hydrogens (tertiary/aromatic N) is 1. The largest absolute Gasteiger partial charge is 0.475 e. The molecule has 1 fully saturated rings. The van der Waals surface area contributed by atoms with E-state index in [1.165, 1.54) is 0 Å². The monoisotopic (exact) mass is 245 g/mol. The van der Waals surface area contributed by atoms with Crippen LogP contribution >= 0.6 is 0 Å². The lowest BCUT2D eigenvalue weighted by atomic mass is 10.1. The highest BCUT2D eigenvalue weighted by Crippen LogP contribution is 2.37. The van der Waals surface area contributed by atoms with E-state index in [9.17, 15) is 13.2 Å². The van der Waals surface area contributed by atoms with Gasteiger partial charge in [0.05, 0.1) is 16.7 Å². The lowest BCUT2D eigenvalue weighted by Crippen LogP contribution is -2.12. The summed E-state index contributed by atoms with van der Waals surface area (Å²) in [5.41, 5.74) is 0.554. The molecule has 16 heavy (non-hydrogen) atoms. The minimum Gasteiger partial charge on any atom is -0.475 e. The second kappa shape index (κ2) is 3.58. The van der Waals surface area contributed by atoms with Crippen molar-refractivity contribution in [2.75, 3.05) is 5.75 Å². The zero-order valence-electron chi connectivity index (χ0n) is 8.63. The van der Waals surface area contributed by atoms with Crippen molar-refractivity contribution in [2.24, 2.45) is 0 Å². The molecular formula is C9H11NO5S. The highest BCUT2D eigenvalue weighted by atomic mass is 32.2. The van der Waals surface area contributed by atoms with Gasteiger partial charge in [0.15, 0.2) is 9.84 Å². The first-order valence-electron chi connectivity index (χ1n) is 4.84. The van der Waals surface area contributed by atoms with Crippen molar-refractivity contribution in [1.82, 2.24) is 5.16 Å². The van der Waals surface area contributed by atoms with Crippen LogP contribution in [0.4, 0.5) is 0 Å². The van der Waals surface area contributed by atoms with E-state index in [0.717, 1.165) is 0 Å². The van der Waals surface area contributed by atoms with Crippen LogP contribution in [0.15, 0.2) is 4.52 Å². The molecule has 0 spiro atoms. The van der Waals surface area contributed by atoms with E-state index >= 15 is 0 Å². The Morgan fingerprint density at radius 3 is 2.75 bits per heavy atom. The Bertz CT molecular complexity index is 530. The summed E-state index contributed by atoms with van der Waals surface area (Å²) in [5.74, 6) is -1.54. The summed E-state index contributed by atoms with van der Waals surface area (Å²) < 4.78 is 28.1. The Labute approximate surface area is 92.2 Å². The molecule has 2 heterocycles. The number of aromatic nitrogens is 1. The molecule has 1 aliphatic rings. The molecule has 1 atom stereocenters. The second-order valence-electron chi connectivity index (χ2n) is 3.81. The fourth-order valence-corrected chi connectivity index (χ4v) is 4.04. The molecule has 0 saturated carbocycles. The fraction of sp³-hybridized carbons (Fsp3) is 0.556. The normalized spacial score (nSPS) is 23.4. The van der Waals surface area contributed by atoms with E-state index < -0.39 is 21.1 Å². The van der Waals surface area contributed by atoms with Crippen molar-refractivity contribution in [2.45, 2.75) is 25.0 Å². The van der Waals surface area contributed by atoms with Gasteiger partial charge in [0.25, 0.3) is 0 Å². The zero-order chi connectivity index (χ0) is 11.9. The maximum absolute atomic E-state index is 11.7. The minimum absolute atomic E-state index is 0.0986. The summed E-state index contributed by atoms with van der Waals surface area (Å²) in [4.78, 5) is 10.9. The van der Waals surface area contributed by atoms with Gasteiger partial charge in [0.2, 0.25) is 5.76 Å². The molecule has 6 nitrogen and oxygen atoms in total. The number of sulfone groups is 1. The molecule has 1 aromatic rings. The van der Waals surface area contributed by atoms with Crippen molar-refractivity contribution >= 4 is 15.8 Å². The van der Waals surface area contributed by atoms with E-state index in [1.54, 1.807) is 6.92 Å². The van der Waals surface area contributed by atoms with Crippen molar-refractivity contribution < 1.29 is 22.8 Å². The molecule has 1 N–H and O–H groups in total. The minimum atomic E-state index is -3.25. The summed E-state index contributed by atoms with van der Waals surface area (Å²) in [6.45, 7) is 1.55. The Hall–Kier alpha value is -1.37. The van der Waals surface area contributed by atoms with E-state index in [4.69, 9.17) is 5.11 Å². The molecule has 88 valence electrons. The Balaban J connectivity index is 2.56. The summed E-state index contributed by atoms with van der Waals surface area (Å²) in [6.07, 6.45) is 0.987. The van der Waals surface area contributed by atoms with Gasteiger partial charge in [0.1, 0.15) is 0 Å². The average molecular weight is 245 g/mol. The number of hydrogen-bond acceptors (Lipinski definition) is 5. The Kier molecular flexibility index (Phi) is 2.49. The molecule has 0 aliphatic carbocycles. The third-order valence-electron chi connectivity index (χ3n) is 2.75. The van der Waals surface area contributed by atoms with Crippen LogP contribution in [0.1, 0.15) is 39.9 Å². The van der Waals surface area contributed by atoms with Crippen LogP contribution in [0, 0.1) is 6.92 Å². The van der Waals surface area contributed by atoms with Crippen LogP contribution < -0.4 is 0 Å². The van der Waals surface area contributed by atoms with E-state index in [-0.39, 0.29) is 17.1 Å². The average Bonchev–Trinajstić information content (AvgIpc) is 2.68. The first-order chi connectivity index (χ1) is 7.43. The smallest absolute Gasteiger partial charge is 0.375 e. The van der Waals surface area contributed by atoms with Crippen molar-refractivity contribution in [3.63, 3.8) is 0 Å². The Morgan fingerprint density at radius 1 is 1.56 bits per heavy atom. The molecule has 0 radical (unpaired) electrons. The molecule has 7 heteroatoms. The highest BCUT2D eigenvalue weighted by Gasteiger charge is 2.38. The molecule has 0 bridgehead atoms. The van der Waals surface area contributed by atoms with Crippen LogP contribution in [0.25, 0.3) is 0 Å². The van der Waals surface area contributed by atoms with Gasteiger partial charge < -0.3 is 9.63 Å². The maximum atomic E-state index is 11.7. The van der Waals surface area contributed by atoms with Crippen LogP contribution in [-0.2, 0) is 9.84 Å². The molecule has 0 amide bonds. The van der Waals surface area contributed by atoms with Gasteiger partial charge in [-0.2, -0.15) is 0 Å². The lowest BCUT2D eigenvalue weighted by Gasteiger charge is -2.07. The topological polar surface area (TPSA) is 97.5 Å². The summed E-state index contributed by atoms with van der Waals surface area (Å²) in [6, 6.07) is 0. The van der Waals surface area contributed by atoms with E-state index in [0.29, 0.717) is 18.5 Å². The molecule has 0 aromatic carbocycles. The van der Waals surface area contributed by atoms with E-state index in [1.807, 2.05) is 0 Å². The number of hydrogen-bond donors (Lipinski definition) is 1. The first kappa shape index (κ1) is 11.1. The van der Waals surface area contributed by atoms with Gasteiger partial charge in [-0.05, 0) is 19.8 Å². The first-order valence-corrected chi connectivity index (χ1v) is 6.56. The fourth-order valence-electron chi connectivity index (χ4n) is 2.03. The van der Waals surface area contributed by atoms with E-state index in [2.05, 4.69) is 9.68 Å². The summed E-state index contributed by atoms with van der Waals surface area (Å²) in [7, 11) is -3.25. The second-order valence-corrected chi connectivity index (χ2v) is 6.12. The number of carbonyl (C=O) groups is 1. The number of aryl methyl sites for hydroxylation is 1. The van der Waals surface area contributed by atoms with Crippen LogP contribution in [0.5, 0.6) is 0 Å². The van der Waals surface area contributed by atoms with Crippen LogP contribution in [0.3, 0.4) is 0 Å². The molecule has 1 saturated heterocycles. The molecule has 2 rings (SSSR count). The highest BCUT2D eigenvalue weighted by molar-refractivity contribution is 7.91. The quantitative estimate of drug-likeness (QED) is 0.832. The molecule has 1 aromatic heterocycles. The zero-order valence-corrected chi connectivity index (χ0v) is 9.45. The SMILES string of the molecule is Cc1noc(C(=O)O)c1C1CCCS1(=O)=O. The number of carboxylic acid groups (broad SMARTS) is 1. The number of rotatable bonds is 2. The Morgan fingerprint density at radius 2 is 2.25 bits per heavy atom. The summed E-state index contributed by atoms with van der Waals surface area (Å²) >= 11 is 0. The van der Waals surface area contributed by atoms with Crippen LogP contribution in [0.2, 0.25) is 0 Å². The molecular weight excluding hydrogens is 234 g/mol. The van der Waals surface area contributed by atoms with Gasteiger partial charge in [-0.15, -0.1) is 0 Å². The number of aromatic carboxylic acids is 1. The van der Waals surface area contributed by atoms with Crippen molar-refractivity contribution in [1.29, 1.82) is 0 Å². The molecule has 1 unspecified atom stereocenters. The predicted octanol–water partition coefficient (Wildman–Crippen LogP) is 0.931. The lowest BCUT2D eigenvalue weighted by molar-refractivity contribution is 0.0650. The third kappa shape index (κ3) is 1.60. The van der Waals surface area contributed by atoms with Crippen molar-refractivity contribution in [3.05, 3.63) is 17.0 Å². The van der Waals surface area contributed by atoms with Gasteiger partial charge in [-0.3, -0.25) is 0 Å². The number of carboxylic acids is 1. The van der Waals surface area contributed by atoms with Gasteiger partial charge in [0, 0.05) is 5.56 Å². The van der Waals surface area contributed by atoms with Gasteiger partial charge in [-0.1, -0.05) is 5.16 Å².